The molecule has 0 bridgehead atoms. The smallest absolute Gasteiger partial charge is 0.305 e. The first-order valence-corrected chi connectivity index (χ1v) is 14.5. The number of carboxylic acids is 1. The fraction of sp³-hybridized carbons (Fsp3) is 0.250. The molecule has 1 atom stereocenters. The van der Waals surface area contributed by atoms with Crippen LogP contribution in [0.2, 0.25) is 0 Å². The highest BCUT2D eigenvalue weighted by atomic mass is 79.9. The predicted octanol–water partition coefficient (Wildman–Crippen LogP) is 7.11. The maximum atomic E-state index is 15.4. The van der Waals surface area contributed by atoms with Gasteiger partial charge in [-0.25, -0.2) is 13.8 Å². The van der Waals surface area contributed by atoms with Crippen LogP contribution in [-0.2, 0) is 21.4 Å². The Morgan fingerprint density at radius 1 is 1.09 bits per heavy atom. The number of rotatable bonds is 13. The minimum Gasteiger partial charge on any atom is -0.481 e. The van der Waals surface area contributed by atoms with Crippen LogP contribution in [-0.4, -0.2) is 51.0 Å². The van der Waals surface area contributed by atoms with Crippen molar-refractivity contribution in [2.75, 3.05) is 19.8 Å². The number of imidazole rings is 1. The molecule has 43 heavy (non-hydrogen) atoms. The number of halogens is 3. The van der Waals surface area contributed by atoms with Gasteiger partial charge in [-0.3, -0.25) is 4.79 Å². The van der Waals surface area contributed by atoms with Crippen LogP contribution in [0.5, 0.6) is 11.5 Å². The molecular weight excluding hydrogens is 624 g/mol. The van der Waals surface area contributed by atoms with E-state index in [-0.39, 0.29) is 42.5 Å². The van der Waals surface area contributed by atoms with Crippen molar-refractivity contribution in [3.63, 3.8) is 0 Å². The summed E-state index contributed by atoms with van der Waals surface area (Å²) in [6.07, 6.45) is 4.09. The van der Waals surface area contributed by atoms with Crippen LogP contribution in [0, 0.1) is 11.6 Å². The van der Waals surface area contributed by atoms with Gasteiger partial charge in [0, 0.05) is 51.7 Å². The third-order valence-electron chi connectivity index (χ3n) is 7.40. The van der Waals surface area contributed by atoms with E-state index in [4.69, 9.17) is 14.6 Å². The maximum absolute atomic E-state index is 15.4. The highest BCUT2D eigenvalue weighted by molar-refractivity contribution is 9.10. The van der Waals surface area contributed by atoms with E-state index in [1.54, 1.807) is 12.4 Å². The number of H-pyrrole nitrogens is 2. The summed E-state index contributed by atoms with van der Waals surface area (Å²) in [4.78, 5) is 21.3. The van der Waals surface area contributed by atoms with Gasteiger partial charge in [0.2, 0.25) is 0 Å². The summed E-state index contributed by atoms with van der Waals surface area (Å²) in [5, 5.41) is 19.9. The Kier molecular flexibility index (Phi) is 9.24. The minimum atomic E-state index is -0.939. The number of carbonyl (C=O) groups is 1. The van der Waals surface area contributed by atoms with Gasteiger partial charge in [0.1, 0.15) is 17.4 Å². The number of aliphatic hydroxyl groups is 1. The van der Waals surface area contributed by atoms with Gasteiger partial charge in [0.25, 0.3) is 0 Å². The number of aromatic amines is 2. The molecule has 1 unspecified atom stereocenters. The summed E-state index contributed by atoms with van der Waals surface area (Å²) in [5.41, 5.74) is 1.93. The molecule has 0 radical (unpaired) electrons. The summed E-state index contributed by atoms with van der Waals surface area (Å²) in [5.74, 6) is -1.63. The zero-order valence-corrected chi connectivity index (χ0v) is 24.9. The highest BCUT2D eigenvalue weighted by Crippen LogP contribution is 2.38. The van der Waals surface area contributed by atoms with Gasteiger partial charge in [0.15, 0.2) is 11.6 Å². The molecule has 2 heterocycles. The Balaban J connectivity index is 1.42. The summed E-state index contributed by atoms with van der Waals surface area (Å²) in [6.45, 7) is 2.03. The van der Waals surface area contributed by atoms with E-state index in [1.807, 2.05) is 37.3 Å². The fourth-order valence-corrected chi connectivity index (χ4v) is 5.36. The average Bonchev–Trinajstić information content (AvgIpc) is 3.67. The summed E-state index contributed by atoms with van der Waals surface area (Å²) in [7, 11) is 0. The number of aliphatic hydroxyl groups excluding tert-OH is 1. The molecule has 11 heteroatoms. The van der Waals surface area contributed by atoms with Crippen molar-refractivity contribution in [2.24, 2.45) is 0 Å². The standard InChI is InChI=1S/C32H30BrF2N3O5/c1-32(18-39,19-4-2-5-20(33)14-19)28-17-37-31(38-28)24-15-21(7-8-25(24)34)43-30-23(6-3-12-42-13-10-29(40)41)22-9-11-36-27(22)16-26(30)35/h2,4-5,7-9,11,14-17,36,39H,3,6,10,12-13,18H2,1H3,(H,37,38)(H,40,41). The number of nitrogens with one attached hydrogen (secondary N) is 2. The van der Waals surface area contributed by atoms with Crippen LogP contribution in [0.1, 0.15) is 36.6 Å². The topological polar surface area (TPSA) is 120 Å². The van der Waals surface area contributed by atoms with Gasteiger partial charge in [-0.15, -0.1) is 0 Å². The van der Waals surface area contributed by atoms with Crippen molar-refractivity contribution in [1.82, 2.24) is 15.0 Å². The van der Waals surface area contributed by atoms with Crippen LogP contribution < -0.4 is 4.74 Å². The number of aliphatic carboxylic acids is 1. The van der Waals surface area contributed by atoms with Crippen LogP contribution in [0.4, 0.5) is 8.78 Å². The van der Waals surface area contributed by atoms with Crippen molar-refractivity contribution in [1.29, 1.82) is 0 Å². The van der Waals surface area contributed by atoms with E-state index in [1.165, 1.54) is 24.3 Å². The number of nitrogens with zero attached hydrogens (tertiary/aromatic N) is 1. The number of aryl methyl sites for hydroxylation is 1. The lowest BCUT2D eigenvalue weighted by atomic mass is 9.80. The number of ether oxygens (including phenoxy) is 2. The Morgan fingerprint density at radius 2 is 1.93 bits per heavy atom. The molecule has 4 N–H and O–H groups in total. The Labute approximate surface area is 254 Å². The van der Waals surface area contributed by atoms with Crippen molar-refractivity contribution in [2.45, 2.75) is 31.6 Å². The SMILES string of the molecule is CC(CO)(c1cccc(Br)c1)c1cnc(-c2cc(Oc3c(F)cc4[nH]ccc4c3CCCOCCC(=O)O)ccc2F)[nH]1. The van der Waals surface area contributed by atoms with Crippen molar-refractivity contribution < 1.29 is 33.3 Å². The average molecular weight is 655 g/mol. The van der Waals surface area contributed by atoms with Crippen LogP contribution in [0.15, 0.2) is 71.5 Å². The molecule has 2 aromatic heterocycles. The third-order valence-corrected chi connectivity index (χ3v) is 7.90. The zero-order valence-electron chi connectivity index (χ0n) is 23.3. The third kappa shape index (κ3) is 6.64. The molecule has 5 aromatic rings. The van der Waals surface area contributed by atoms with Crippen molar-refractivity contribution in [3.8, 4) is 22.9 Å². The number of carboxylic acid groups (broad SMARTS) is 1. The van der Waals surface area contributed by atoms with Crippen molar-refractivity contribution in [3.05, 3.63) is 99.9 Å². The quantitative estimate of drug-likeness (QED) is 0.101. The largest absolute Gasteiger partial charge is 0.481 e. The molecule has 8 nitrogen and oxygen atoms in total. The molecule has 0 aliphatic carbocycles. The molecule has 0 saturated heterocycles. The second-order valence-electron chi connectivity index (χ2n) is 10.4. The van der Waals surface area contributed by atoms with E-state index < -0.39 is 23.0 Å². The summed E-state index contributed by atoms with van der Waals surface area (Å²) >= 11 is 3.47. The number of aromatic nitrogens is 3. The molecule has 0 saturated carbocycles. The van der Waals surface area contributed by atoms with Gasteiger partial charge >= 0.3 is 5.97 Å². The molecule has 5 rings (SSSR count). The Morgan fingerprint density at radius 3 is 2.70 bits per heavy atom. The van der Waals surface area contributed by atoms with Gasteiger partial charge < -0.3 is 29.7 Å². The van der Waals surface area contributed by atoms with Gasteiger partial charge in [-0.05, 0) is 61.7 Å². The van der Waals surface area contributed by atoms with E-state index in [0.717, 1.165) is 15.4 Å². The second kappa shape index (κ2) is 13.1. The molecule has 0 aliphatic heterocycles. The number of hydrogen-bond donors (Lipinski definition) is 4. The molecule has 0 spiro atoms. The van der Waals surface area contributed by atoms with Crippen LogP contribution in [0.3, 0.4) is 0 Å². The van der Waals surface area contributed by atoms with E-state index >= 15 is 8.78 Å². The summed E-state index contributed by atoms with van der Waals surface area (Å²) < 4.78 is 42.8. The molecule has 3 aromatic carbocycles. The molecular formula is C32H30BrF2N3O5. The Bertz CT molecular complexity index is 1750. The van der Waals surface area contributed by atoms with Crippen LogP contribution >= 0.6 is 15.9 Å². The lowest BCUT2D eigenvalue weighted by molar-refractivity contribution is -0.138. The van der Waals surface area contributed by atoms with Crippen LogP contribution in [0.25, 0.3) is 22.3 Å². The molecule has 224 valence electrons. The minimum absolute atomic E-state index is 0.0119. The van der Waals surface area contributed by atoms with E-state index in [2.05, 4.69) is 30.9 Å². The first kappa shape index (κ1) is 30.4. The Hall–Kier alpha value is -4.06. The lowest BCUT2D eigenvalue weighted by Gasteiger charge is -2.26. The predicted molar refractivity (Wildman–Crippen MR) is 161 cm³/mol. The number of benzene rings is 3. The second-order valence-corrected chi connectivity index (χ2v) is 11.3. The maximum Gasteiger partial charge on any atom is 0.305 e. The normalized spacial score (nSPS) is 12.9. The zero-order chi connectivity index (χ0) is 30.6. The van der Waals surface area contributed by atoms with Gasteiger partial charge in [-0.1, -0.05) is 28.1 Å². The van der Waals surface area contributed by atoms with E-state index in [0.29, 0.717) is 36.2 Å². The fourth-order valence-electron chi connectivity index (χ4n) is 4.96. The molecule has 0 fully saturated rings. The first-order valence-electron chi connectivity index (χ1n) is 13.7. The van der Waals surface area contributed by atoms with Gasteiger partial charge in [-0.2, -0.15) is 0 Å². The number of fused-ring (bicyclic) bond motifs is 1. The number of hydrogen-bond acceptors (Lipinski definition) is 5. The van der Waals surface area contributed by atoms with Crippen molar-refractivity contribution >= 4 is 32.8 Å². The molecule has 0 amide bonds. The van der Waals surface area contributed by atoms with Gasteiger partial charge in [0.05, 0.1) is 30.6 Å². The summed E-state index contributed by atoms with van der Waals surface area (Å²) in [6, 6.07) is 14.8. The first-order chi connectivity index (χ1) is 20.7. The molecule has 0 aliphatic rings. The van der Waals surface area contributed by atoms with E-state index in [9.17, 15) is 9.90 Å². The lowest BCUT2D eigenvalue weighted by Crippen LogP contribution is -2.28. The highest BCUT2D eigenvalue weighted by Gasteiger charge is 2.31. The monoisotopic (exact) mass is 653 g/mol.